The Bertz CT molecular complexity index is 597. The molecule has 0 N–H and O–H groups in total. The van der Waals surface area contributed by atoms with Gasteiger partial charge in [0.25, 0.3) is 0 Å². The van der Waals surface area contributed by atoms with Gasteiger partial charge in [0.1, 0.15) is 0 Å². The summed E-state index contributed by atoms with van der Waals surface area (Å²) in [7, 11) is 2.04. The fourth-order valence-corrected chi connectivity index (χ4v) is 3.24. The highest BCUT2D eigenvalue weighted by Gasteiger charge is 2.32. The van der Waals surface area contributed by atoms with E-state index in [4.69, 9.17) is 4.74 Å². The summed E-state index contributed by atoms with van der Waals surface area (Å²) >= 11 is 0. The summed E-state index contributed by atoms with van der Waals surface area (Å²) < 4.78 is 9.48. The highest BCUT2D eigenvalue weighted by molar-refractivity contribution is 5.30. The van der Waals surface area contributed by atoms with E-state index in [0.717, 1.165) is 45.0 Å². The average Bonchev–Trinajstić information content (AvgIpc) is 3.18. The van der Waals surface area contributed by atoms with Gasteiger partial charge in [0.15, 0.2) is 0 Å². The maximum absolute atomic E-state index is 5.51. The summed E-state index contributed by atoms with van der Waals surface area (Å²) in [5, 5.41) is 8.94. The molecule has 106 valence electrons. The average molecular weight is 273 g/mol. The van der Waals surface area contributed by atoms with Crippen molar-refractivity contribution >= 4 is 0 Å². The van der Waals surface area contributed by atoms with E-state index in [9.17, 15) is 0 Å². The van der Waals surface area contributed by atoms with Crippen LogP contribution in [-0.4, -0.2) is 43.7 Å². The van der Waals surface area contributed by atoms with E-state index < -0.39 is 0 Å². The second-order valence-corrected chi connectivity index (χ2v) is 5.62. The zero-order valence-corrected chi connectivity index (χ0v) is 11.7. The van der Waals surface area contributed by atoms with Gasteiger partial charge < -0.3 is 4.74 Å². The summed E-state index contributed by atoms with van der Waals surface area (Å²) in [5.74, 6) is 0. The summed E-state index contributed by atoms with van der Waals surface area (Å²) in [6.45, 7) is 4.51. The molecule has 0 aromatic carbocycles. The van der Waals surface area contributed by atoms with Crippen molar-refractivity contribution in [2.45, 2.75) is 32.1 Å². The molecule has 0 radical (unpaired) electrons. The molecule has 2 aliphatic heterocycles. The van der Waals surface area contributed by atoms with E-state index in [1.807, 2.05) is 34.9 Å². The first-order valence-corrected chi connectivity index (χ1v) is 7.14. The Morgan fingerprint density at radius 1 is 1.40 bits per heavy atom. The van der Waals surface area contributed by atoms with Crippen LogP contribution >= 0.6 is 0 Å². The highest BCUT2D eigenvalue weighted by atomic mass is 16.5. The van der Waals surface area contributed by atoms with Crippen LogP contribution in [0.5, 0.6) is 0 Å². The van der Waals surface area contributed by atoms with Gasteiger partial charge in [-0.1, -0.05) is 0 Å². The predicted molar refractivity (Wildman–Crippen MR) is 73.0 cm³/mol. The highest BCUT2D eigenvalue weighted by Crippen LogP contribution is 2.29. The lowest BCUT2D eigenvalue weighted by Gasteiger charge is -2.21. The Morgan fingerprint density at radius 3 is 3.10 bits per heavy atom. The molecule has 0 amide bonds. The minimum Gasteiger partial charge on any atom is -0.380 e. The van der Waals surface area contributed by atoms with Crippen LogP contribution in [0.15, 0.2) is 18.5 Å². The van der Waals surface area contributed by atoms with Crippen LogP contribution in [0.2, 0.25) is 0 Å². The van der Waals surface area contributed by atoms with Crippen LogP contribution in [0, 0.1) is 0 Å². The number of hydrogen-bond donors (Lipinski definition) is 0. The smallest absolute Gasteiger partial charge is 0.0887 e. The molecular weight excluding hydrogens is 254 g/mol. The minimum absolute atomic E-state index is 0.569. The standard InChI is InChI=1S/C14H19N5O/c1-17-14-9-18(11-3-6-20-10-11)7-12(14)13(16-17)8-19-5-2-4-15-19/h2,4-5,11H,3,6-10H2,1H3. The topological polar surface area (TPSA) is 48.1 Å². The number of aryl methyl sites for hydroxylation is 1. The summed E-state index contributed by atoms with van der Waals surface area (Å²) in [5.41, 5.74) is 3.88. The zero-order valence-electron chi connectivity index (χ0n) is 11.7. The van der Waals surface area contributed by atoms with E-state index >= 15 is 0 Å². The van der Waals surface area contributed by atoms with Crippen LogP contribution in [0.25, 0.3) is 0 Å². The van der Waals surface area contributed by atoms with E-state index in [1.165, 1.54) is 11.3 Å². The third-order valence-electron chi connectivity index (χ3n) is 4.37. The summed E-state index contributed by atoms with van der Waals surface area (Å²) in [6, 6.07) is 2.52. The van der Waals surface area contributed by atoms with Gasteiger partial charge >= 0.3 is 0 Å². The van der Waals surface area contributed by atoms with Crippen LogP contribution in [0.3, 0.4) is 0 Å². The third-order valence-corrected chi connectivity index (χ3v) is 4.37. The molecular formula is C14H19N5O. The Kier molecular flexibility index (Phi) is 2.85. The van der Waals surface area contributed by atoms with Crippen molar-refractivity contribution in [1.82, 2.24) is 24.5 Å². The van der Waals surface area contributed by atoms with Crippen molar-refractivity contribution in [1.29, 1.82) is 0 Å². The lowest BCUT2D eigenvalue weighted by atomic mass is 10.2. The molecule has 20 heavy (non-hydrogen) atoms. The van der Waals surface area contributed by atoms with Crippen molar-refractivity contribution in [3.05, 3.63) is 35.4 Å². The number of rotatable bonds is 3. The van der Waals surface area contributed by atoms with Gasteiger partial charge in [0.2, 0.25) is 0 Å². The molecule has 4 rings (SSSR count). The van der Waals surface area contributed by atoms with Crippen LogP contribution in [0.1, 0.15) is 23.4 Å². The van der Waals surface area contributed by atoms with Gasteiger partial charge in [-0.3, -0.25) is 14.3 Å². The molecule has 0 spiro atoms. The number of fused-ring (bicyclic) bond motifs is 1. The maximum Gasteiger partial charge on any atom is 0.0887 e. The molecule has 2 aromatic heterocycles. The zero-order chi connectivity index (χ0) is 13.5. The van der Waals surface area contributed by atoms with E-state index in [2.05, 4.69) is 15.1 Å². The number of aromatic nitrogens is 4. The first-order valence-electron chi connectivity index (χ1n) is 7.14. The van der Waals surface area contributed by atoms with Crippen molar-refractivity contribution in [2.24, 2.45) is 7.05 Å². The fourth-order valence-electron chi connectivity index (χ4n) is 3.24. The van der Waals surface area contributed by atoms with Crippen LogP contribution < -0.4 is 0 Å². The molecule has 1 atom stereocenters. The molecule has 0 bridgehead atoms. The first kappa shape index (κ1) is 12.1. The SMILES string of the molecule is Cn1nc(Cn2cccn2)c2c1CN(C1CCOC1)C2. The number of hydrogen-bond acceptors (Lipinski definition) is 4. The molecule has 0 saturated carbocycles. The second kappa shape index (κ2) is 4.71. The van der Waals surface area contributed by atoms with Gasteiger partial charge in [0, 0.05) is 50.7 Å². The Balaban J connectivity index is 1.58. The van der Waals surface area contributed by atoms with E-state index in [1.54, 1.807) is 0 Å². The van der Waals surface area contributed by atoms with Gasteiger partial charge in [-0.2, -0.15) is 10.2 Å². The second-order valence-electron chi connectivity index (χ2n) is 5.62. The largest absolute Gasteiger partial charge is 0.380 e. The minimum atomic E-state index is 0.569. The molecule has 6 nitrogen and oxygen atoms in total. The lowest BCUT2D eigenvalue weighted by molar-refractivity contribution is 0.141. The van der Waals surface area contributed by atoms with Crippen LogP contribution in [0.4, 0.5) is 0 Å². The monoisotopic (exact) mass is 273 g/mol. The van der Waals surface area contributed by atoms with Gasteiger partial charge in [0.05, 0.1) is 24.5 Å². The van der Waals surface area contributed by atoms with Crippen molar-refractivity contribution in [3.8, 4) is 0 Å². The normalized spacial score (nSPS) is 22.6. The third kappa shape index (κ3) is 1.96. The Hall–Kier alpha value is -1.66. The molecule has 1 unspecified atom stereocenters. The van der Waals surface area contributed by atoms with Gasteiger partial charge in [-0.25, -0.2) is 0 Å². The lowest BCUT2D eigenvalue weighted by Crippen LogP contribution is -2.31. The predicted octanol–water partition coefficient (Wildman–Crippen LogP) is 0.769. The maximum atomic E-state index is 5.51. The summed E-state index contributed by atoms with van der Waals surface area (Å²) in [6.07, 6.45) is 4.94. The van der Waals surface area contributed by atoms with Crippen LogP contribution in [-0.2, 0) is 31.4 Å². The molecule has 2 aromatic rings. The van der Waals surface area contributed by atoms with Crippen molar-refractivity contribution in [2.75, 3.05) is 13.2 Å². The number of ether oxygens (including phenoxy) is 1. The number of nitrogens with zero attached hydrogens (tertiary/aromatic N) is 5. The molecule has 4 heterocycles. The van der Waals surface area contributed by atoms with Crippen molar-refractivity contribution in [3.63, 3.8) is 0 Å². The summed E-state index contributed by atoms with van der Waals surface area (Å²) in [4.78, 5) is 2.52. The molecule has 6 heteroatoms. The van der Waals surface area contributed by atoms with Crippen molar-refractivity contribution < 1.29 is 4.74 Å². The van der Waals surface area contributed by atoms with E-state index in [0.29, 0.717) is 6.04 Å². The van der Waals surface area contributed by atoms with Gasteiger partial charge in [-0.05, 0) is 12.5 Å². The Labute approximate surface area is 117 Å². The Morgan fingerprint density at radius 2 is 2.35 bits per heavy atom. The van der Waals surface area contributed by atoms with E-state index in [-0.39, 0.29) is 0 Å². The fraction of sp³-hybridized carbons (Fsp3) is 0.571. The molecule has 1 saturated heterocycles. The first-order chi connectivity index (χ1) is 9.81. The quantitative estimate of drug-likeness (QED) is 0.829. The molecule has 0 aliphatic carbocycles. The molecule has 1 fully saturated rings. The van der Waals surface area contributed by atoms with Gasteiger partial charge in [-0.15, -0.1) is 0 Å². The molecule has 2 aliphatic rings.